The van der Waals surface area contributed by atoms with Crippen molar-refractivity contribution in [2.45, 2.75) is 31.6 Å². The van der Waals surface area contributed by atoms with Gasteiger partial charge in [-0.2, -0.15) is 5.10 Å². The second kappa shape index (κ2) is 3.87. The van der Waals surface area contributed by atoms with Crippen molar-refractivity contribution in [3.63, 3.8) is 0 Å². The van der Waals surface area contributed by atoms with E-state index >= 15 is 0 Å². The average molecular weight is 230 g/mol. The Labute approximate surface area is 98.6 Å². The first-order chi connectivity index (χ1) is 8.25. The lowest BCUT2D eigenvalue weighted by molar-refractivity contribution is -0.136. The summed E-state index contributed by atoms with van der Waals surface area (Å²) in [6.07, 6.45) is 3.17. The van der Waals surface area contributed by atoms with Gasteiger partial charge in [0.15, 0.2) is 0 Å². The van der Waals surface area contributed by atoms with Gasteiger partial charge in [-0.05, 0) is 24.8 Å². The molecule has 17 heavy (non-hydrogen) atoms. The molecule has 0 atom stereocenters. The molecule has 1 aromatic heterocycles. The van der Waals surface area contributed by atoms with Crippen molar-refractivity contribution in [2.75, 3.05) is 0 Å². The maximum Gasteiger partial charge on any atom is 0.303 e. The van der Waals surface area contributed by atoms with Crippen LogP contribution in [-0.2, 0) is 11.2 Å². The molecule has 0 unspecified atom stereocenters. The molecule has 4 nitrogen and oxygen atoms in total. The molecule has 0 saturated heterocycles. The van der Waals surface area contributed by atoms with Crippen LogP contribution >= 0.6 is 0 Å². The molecule has 1 saturated carbocycles. The van der Waals surface area contributed by atoms with Crippen molar-refractivity contribution in [1.29, 1.82) is 0 Å². The maximum absolute atomic E-state index is 10.6. The predicted octanol–water partition coefficient (Wildman–Crippen LogP) is 2.46. The zero-order valence-electron chi connectivity index (χ0n) is 9.44. The lowest BCUT2D eigenvalue weighted by atomic mass is 10.0. The van der Waals surface area contributed by atoms with Gasteiger partial charge < -0.3 is 5.11 Å². The number of carbonyl (C=O) groups is 1. The van der Waals surface area contributed by atoms with Gasteiger partial charge in [-0.25, -0.2) is 0 Å². The molecule has 0 spiro atoms. The summed E-state index contributed by atoms with van der Waals surface area (Å²) in [6, 6.07) is 6.01. The summed E-state index contributed by atoms with van der Waals surface area (Å²) in [7, 11) is 0. The summed E-state index contributed by atoms with van der Waals surface area (Å²) in [5.74, 6) is -0.130. The Bertz CT molecular complexity index is 570. The molecule has 0 aliphatic heterocycles. The van der Waals surface area contributed by atoms with Gasteiger partial charge in [-0.3, -0.25) is 9.89 Å². The van der Waals surface area contributed by atoms with Crippen LogP contribution in [0.1, 0.15) is 36.4 Å². The number of benzene rings is 1. The van der Waals surface area contributed by atoms with Crippen molar-refractivity contribution >= 4 is 16.9 Å². The average Bonchev–Trinajstić information content (AvgIpc) is 3.06. The number of aromatic nitrogens is 2. The van der Waals surface area contributed by atoms with E-state index in [9.17, 15) is 4.79 Å². The van der Waals surface area contributed by atoms with Crippen LogP contribution in [0.2, 0.25) is 0 Å². The number of aryl methyl sites for hydroxylation is 1. The first-order valence-electron chi connectivity index (χ1n) is 5.93. The smallest absolute Gasteiger partial charge is 0.303 e. The van der Waals surface area contributed by atoms with Crippen molar-refractivity contribution in [3.8, 4) is 0 Å². The Morgan fingerprint density at radius 1 is 1.47 bits per heavy atom. The normalized spacial score (nSPS) is 15.3. The monoisotopic (exact) mass is 230 g/mol. The van der Waals surface area contributed by atoms with Crippen LogP contribution in [0.4, 0.5) is 0 Å². The van der Waals surface area contributed by atoms with E-state index in [1.54, 1.807) is 0 Å². The van der Waals surface area contributed by atoms with E-state index in [1.807, 2.05) is 12.1 Å². The first-order valence-corrected chi connectivity index (χ1v) is 5.93. The van der Waals surface area contributed by atoms with E-state index in [0.717, 1.165) is 16.5 Å². The number of rotatable bonds is 4. The Hall–Kier alpha value is -1.84. The number of aliphatic carboxylic acids is 1. The molecule has 88 valence electrons. The van der Waals surface area contributed by atoms with E-state index < -0.39 is 5.97 Å². The quantitative estimate of drug-likeness (QED) is 0.847. The highest BCUT2D eigenvalue weighted by molar-refractivity contribution is 5.85. The van der Waals surface area contributed by atoms with Gasteiger partial charge >= 0.3 is 5.97 Å². The molecule has 3 rings (SSSR count). The molecule has 1 aromatic carbocycles. The molecule has 4 heteroatoms. The van der Waals surface area contributed by atoms with Crippen LogP contribution in [0.5, 0.6) is 0 Å². The Morgan fingerprint density at radius 2 is 2.29 bits per heavy atom. The van der Waals surface area contributed by atoms with Crippen molar-refractivity contribution in [3.05, 3.63) is 29.5 Å². The number of para-hydroxylation sites is 1. The lowest BCUT2D eigenvalue weighted by Crippen LogP contribution is -1.97. The molecule has 0 bridgehead atoms. The van der Waals surface area contributed by atoms with Crippen LogP contribution in [0.15, 0.2) is 18.2 Å². The molecule has 1 aliphatic rings. The molecule has 1 fully saturated rings. The fourth-order valence-electron chi connectivity index (χ4n) is 2.24. The molecular formula is C13H14N2O2. The minimum Gasteiger partial charge on any atom is -0.481 e. The number of aromatic amines is 1. The second-order valence-electron chi connectivity index (χ2n) is 4.62. The highest BCUT2D eigenvalue weighted by Crippen LogP contribution is 2.42. The van der Waals surface area contributed by atoms with E-state index in [1.165, 1.54) is 18.5 Å². The third-order valence-corrected chi connectivity index (χ3v) is 3.29. The first kappa shape index (κ1) is 10.3. The number of nitrogens with zero attached hydrogens (tertiary/aromatic N) is 1. The second-order valence-corrected chi connectivity index (χ2v) is 4.62. The minimum absolute atomic E-state index is 0.157. The van der Waals surface area contributed by atoms with Gasteiger partial charge in [-0.1, -0.05) is 18.2 Å². The number of hydrogen-bond donors (Lipinski definition) is 2. The highest BCUT2D eigenvalue weighted by Gasteiger charge is 2.27. The van der Waals surface area contributed by atoms with Gasteiger partial charge in [0.2, 0.25) is 0 Å². The maximum atomic E-state index is 10.6. The van der Waals surface area contributed by atoms with E-state index in [0.29, 0.717) is 12.3 Å². The molecule has 0 radical (unpaired) electrons. The summed E-state index contributed by atoms with van der Waals surface area (Å²) < 4.78 is 0. The van der Waals surface area contributed by atoms with Crippen molar-refractivity contribution in [2.24, 2.45) is 0 Å². The third-order valence-electron chi connectivity index (χ3n) is 3.29. The zero-order valence-corrected chi connectivity index (χ0v) is 9.44. The van der Waals surface area contributed by atoms with Gasteiger partial charge in [0, 0.05) is 23.4 Å². The van der Waals surface area contributed by atoms with Crippen LogP contribution < -0.4 is 0 Å². The molecule has 1 aliphatic carbocycles. The highest BCUT2D eigenvalue weighted by atomic mass is 16.4. The molecule has 2 aromatic rings. The summed E-state index contributed by atoms with van der Waals surface area (Å²) >= 11 is 0. The Kier molecular flexibility index (Phi) is 2.35. The number of hydrogen-bond acceptors (Lipinski definition) is 2. The van der Waals surface area contributed by atoms with Crippen LogP contribution in [0.25, 0.3) is 10.9 Å². The summed E-state index contributed by atoms with van der Waals surface area (Å²) in [4.78, 5) is 10.6. The summed E-state index contributed by atoms with van der Waals surface area (Å²) in [6.45, 7) is 0. The van der Waals surface area contributed by atoms with Gasteiger partial charge in [-0.15, -0.1) is 0 Å². The summed E-state index contributed by atoms with van der Waals surface area (Å²) in [5, 5.41) is 17.3. The van der Waals surface area contributed by atoms with Crippen LogP contribution in [0.3, 0.4) is 0 Å². The largest absolute Gasteiger partial charge is 0.481 e. The Balaban J connectivity index is 1.98. The molecular weight excluding hydrogens is 216 g/mol. The lowest BCUT2D eigenvalue weighted by Gasteiger charge is -2.00. The standard InChI is InChI=1S/C13H14N2O2/c16-11(17)7-6-8-2-1-3-10-12(8)14-15-13(10)9-4-5-9/h1-3,9H,4-7H2,(H,14,15)(H,16,17). The van der Waals surface area contributed by atoms with Crippen LogP contribution in [0, 0.1) is 0 Å². The topological polar surface area (TPSA) is 66.0 Å². The van der Waals surface area contributed by atoms with Crippen LogP contribution in [-0.4, -0.2) is 21.3 Å². The van der Waals surface area contributed by atoms with Crippen molar-refractivity contribution < 1.29 is 9.90 Å². The van der Waals surface area contributed by atoms with Crippen molar-refractivity contribution in [1.82, 2.24) is 10.2 Å². The third kappa shape index (κ3) is 1.90. The van der Waals surface area contributed by atoms with E-state index in [-0.39, 0.29) is 6.42 Å². The Morgan fingerprint density at radius 3 is 3.00 bits per heavy atom. The molecule has 0 amide bonds. The fraction of sp³-hybridized carbons (Fsp3) is 0.385. The van der Waals surface area contributed by atoms with Gasteiger partial charge in [0.05, 0.1) is 5.52 Å². The predicted molar refractivity (Wildman–Crippen MR) is 64.0 cm³/mol. The number of carboxylic acid groups (broad SMARTS) is 1. The van der Waals surface area contributed by atoms with E-state index in [4.69, 9.17) is 5.11 Å². The van der Waals surface area contributed by atoms with Gasteiger partial charge in [0.25, 0.3) is 0 Å². The zero-order chi connectivity index (χ0) is 11.8. The molecule has 1 heterocycles. The van der Waals surface area contributed by atoms with Gasteiger partial charge in [0.1, 0.15) is 0 Å². The number of fused-ring (bicyclic) bond motifs is 1. The molecule has 2 N–H and O–H groups in total. The number of H-pyrrole nitrogens is 1. The van der Waals surface area contributed by atoms with E-state index in [2.05, 4.69) is 16.3 Å². The SMILES string of the molecule is O=C(O)CCc1cccc2c(C3CC3)[nH]nc12. The summed E-state index contributed by atoms with van der Waals surface area (Å²) in [5.41, 5.74) is 3.18. The fourth-order valence-corrected chi connectivity index (χ4v) is 2.24. The minimum atomic E-state index is -0.764. The number of carboxylic acids is 1. The number of nitrogens with one attached hydrogen (secondary N) is 1.